The number of methoxy groups -OCH3 is 2. The molecule has 1 aliphatic heterocycles. The molecule has 0 unspecified atom stereocenters. The Morgan fingerprint density at radius 2 is 1.82 bits per heavy atom. The van der Waals surface area contributed by atoms with E-state index in [1.165, 1.54) is 36.2 Å². The Morgan fingerprint density at radius 3 is 2.39 bits per heavy atom. The molecule has 33 heavy (non-hydrogen) atoms. The third kappa shape index (κ3) is 6.13. The summed E-state index contributed by atoms with van der Waals surface area (Å²) >= 11 is 7.04. The van der Waals surface area contributed by atoms with Gasteiger partial charge in [-0.25, -0.2) is 4.68 Å². The zero-order chi connectivity index (χ0) is 23.4. The summed E-state index contributed by atoms with van der Waals surface area (Å²) in [5, 5.41) is 5.49. The van der Waals surface area contributed by atoms with Gasteiger partial charge in [-0.15, -0.1) is 5.10 Å². The van der Waals surface area contributed by atoms with Crippen LogP contribution in [0.2, 0.25) is 0 Å². The number of carbonyl (C=O) groups excluding carboxylic acids is 1. The third-order valence-corrected chi connectivity index (χ3v) is 7.89. The van der Waals surface area contributed by atoms with E-state index in [0.29, 0.717) is 25.0 Å². The molecule has 0 N–H and O–H groups in total. The number of hydrogen-bond donors (Lipinski definition) is 0. The van der Waals surface area contributed by atoms with Gasteiger partial charge >= 0.3 is 0 Å². The molecule has 9 heteroatoms. The average molecular weight is 491 g/mol. The predicted octanol–water partition coefficient (Wildman–Crippen LogP) is 4.90. The van der Waals surface area contributed by atoms with Crippen molar-refractivity contribution in [3.8, 4) is 11.5 Å². The van der Waals surface area contributed by atoms with E-state index in [0.717, 1.165) is 52.9 Å². The maximum absolute atomic E-state index is 12.4. The van der Waals surface area contributed by atoms with Gasteiger partial charge < -0.3 is 9.47 Å². The van der Waals surface area contributed by atoms with Gasteiger partial charge in [-0.05, 0) is 74.4 Å². The van der Waals surface area contributed by atoms with Crippen LogP contribution in [0.3, 0.4) is 0 Å². The Hall–Kier alpha value is -1.97. The Morgan fingerprint density at radius 1 is 1.15 bits per heavy atom. The van der Waals surface area contributed by atoms with E-state index in [1.807, 2.05) is 22.6 Å². The highest BCUT2D eigenvalue weighted by atomic mass is 32.1. The van der Waals surface area contributed by atoms with Crippen LogP contribution in [0, 0.1) is 9.87 Å². The topological polar surface area (TPSA) is 59.8 Å². The van der Waals surface area contributed by atoms with Crippen molar-refractivity contribution in [2.45, 2.75) is 64.6 Å². The van der Waals surface area contributed by atoms with Crippen LogP contribution in [0.1, 0.15) is 51.0 Å². The van der Waals surface area contributed by atoms with Gasteiger partial charge in [0.1, 0.15) is 11.5 Å². The van der Waals surface area contributed by atoms with Crippen LogP contribution in [-0.2, 0) is 17.9 Å². The molecule has 2 fully saturated rings. The lowest BCUT2D eigenvalue weighted by atomic mass is 9.90. The van der Waals surface area contributed by atoms with Gasteiger partial charge in [0.2, 0.25) is 11.0 Å². The molecule has 0 spiro atoms. The van der Waals surface area contributed by atoms with Crippen LogP contribution in [0.25, 0.3) is 0 Å². The molecule has 1 aromatic carbocycles. The van der Waals surface area contributed by atoms with E-state index < -0.39 is 0 Å². The molecule has 4 rings (SSSR count). The van der Waals surface area contributed by atoms with Crippen LogP contribution >= 0.6 is 23.6 Å². The van der Waals surface area contributed by atoms with Crippen molar-refractivity contribution in [1.82, 2.24) is 14.7 Å². The predicted molar refractivity (Wildman–Crippen MR) is 134 cm³/mol. The Labute approximate surface area is 205 Å². The molecule has 1 aromatic heterocycles. The van der Waals surface area contributed by atoms with Crippen molar-refractivity contribution < 1.29 is 14.3 Å². The third-order valence-electron chi connectivity index (χ3n) is 6.58. The summed E-state index contributed by atoms with van der Waals surface area (Å²) in [5.74, 6) is 2.55. The number of ether oxygens (including phenoxy) is 2. The SMILES string of the molecule is CCC(=O)N(c1nn(CN2CCC(CCc3cc(OC)cc(OC)c3)CC2)c(=S)s1)C1CC1. The minimum atomic E-state index is 0.142. The monoisotopic (exact) mass is 490 g/mol. The molecule has 2 aromatic rings. The standard InChI is InChI=1S/C24H34N4O3S2/c1-4-22(29)28(19-7-8-19)23-25-27(24(32)33-23)16-26-11-9-17(10-12-26)5-6-18-13-20(30-2)15-21(14-18)31-3/h13-15,17,19H,4-12,16H2,1-3H3. The number of benzene rings is 1. The molecular formula is C24H34N4O3S2. The maximum atomic E-state index is 12.4. The molecule has 1 saturated heterocycles. The van der Waals surface area contributed by atoms with Gasteiger partial charge in [-0.3, -0.25) is 14.6 Å². The summed E-state index contributed by atoms with van der Waals surface area (Å²) in [4.78, 5) is 16.7. The highest BCUT2D eigenvalue weighted by Gasteiger charge is 2.35. The average Bonchev–Trinajstić information content (AvgIpc) is 3.61. The smallest absolute Gasteiger partial charge is 0.228 e. The molecule has 1 amide bonds. The van der Waals surface area contributed by atoms with Crippen molar-refractivity contribution in [2.75, 3.05) is 32.2 Å². The normalized spacial score (nSPS) is 17.2. The number of anilines is 1. The number of aryl methyl sites for hydroxylation is 1. The van der Waals surface area contributed by atoms with E-state index in [1.54, 1.807) is 14.2 Å². The first kappa shape index (κ1) is 24.2. The lowest BCUT2D eigenvalue weighted by Gasteiger charge is -2.31. The number of likely N-dealkylation sites (tertiary alicyclic amines) is 1. The van der Waals surface area contributed by atoms with Gasteiger partial charge in [0, 0.05) is 31.6 Å². The van der Waals surface area contributed by atoms with Crippen LogP contribution in [-0.4, -0.2) is 53.9 Å². The lowest BCUT2D eigenvalue weighted by Crippen LogP contribution is -2.36. The highest BCUT2D eigenvalue weighted by Crippen LogP contribution is 2.34. The second-order valence-electron chi connectivity index (χ2n) is 8.96. The molecule has 2 aliphatic rings. The molecule has 180 valence electrons. The fraction of sp³-hybridized carbons (Fsp3) is 0.625. The van der Waals surface area contributed by atoms with E-state index in [9.17, 15) is 4.79 Å². The second kappa shape index (κ2) is 11.0. The van der Waals surface area contributed by atoms with Crippen LogP contribution in [0.4, 0.5) is 5.13 Å². The highest BCUT2D eigenvalue weighted by molar-refractivity contribution is 7.73. The van der Waals surface area contributed by atoms with E-state index in [2.05, 4.69) is 17.0 Å². The van der Waals surface area contributed by atoms with Gasteiger partial charge in [0.05, 0.1) is 20.9 Å². The molecule has 1 saturated carbocycles. The number of rotatable bonds is 10. The van der Waals surface area contributed by atoms with Crippen molar-refractivity contribution in [3.05, 3.63) is 27.7 Å². The largest absolute Gasteiger partial charge is 0.497 e. The summed E-state index contributed by atoms with van der Waals surface area (Å²) in [7, 11) is 3.38. The Bertz CT molecular complexity index is 987. The van der Waals surface area contributed by atoms with Crippen molar-refractivity contribution in [3.63, 3.8) is 0 Å². The van der Waals surface area contributed by atoms with Crippen molar-refractivity contribution in [2.24, 2.45) is 5.92 Å². The van der Waals surface area contributed by atoms with Gasteiger partial charge in [-0.2, -0.15) is 0 Å². The zero-order valence-electron chi connectivity index (χ0n) is 19.8. The Kier molecular flexibility index (Phi) is 8.03. The second-order valence-corrected chi connectivity index (χ2v) is 10.6. The molecule has 0 radical (unpaired) electrons. The zero-order valence-corrected chi connectivity index (χ0v) is 21.4. The van der Waals surface area contributed by atoms with Crippen LogP contribution in [0.5, 0.6) is 11.5 Å². The first-order valence-corrected chi connectivity index (χ1v) is 13.1. The fourth-order valence-electron chi connectivity index (χ4n) is 4.44. The number of hydrogen-bond acceptors (Lipinski definition) is 7. The lowest BCUT2D eigenvalue weighted by molar-refractivity contribution is -0.118. The Balaban J connectivity index is 1.29. The van der Waals surface area contributed by atoms with Crippen LogP contribution < -0.4 is 14.4 Å². The van der Waals surface area contributed by atoms with Crippen molar-refractivity contribution >= 4 is 34.6 Å². The quantitative estimate of drug-likeness (QED) is 0.442. The summed E-state index contributed by atoms with van der Waals surface area (Å²) in [6.07, 6.45) is 7.17. The number of piperidine rings is 1. The van der Waals surface area contributed by atoms with E-state index in [-0.39, 0.29) is 5.91 Å². The molecule has 2 heterocycles. The molecule has 0 bridgehead atoms. The first-order chi connectivity index (χ1) is 16.0. The minimum absolute atomic E-state index is 0.142. The number of carbonyl (C=O) groups is 1. The van der Waals surface area contributed by atoms with Crippen molar-refractivity contribution in [1.29, 1.82) is 0 Å². The molecule has 0 atom stereocenters. The molecule has 1 aliphatic carbocycles. The summed E-state index contributed by atoms with van der Waals surface area (Å²) < 4.78 is 13.4. The number of amides is 1. The molecular weight excluding hydrogens is 456 g/mol. The maximum Gasteiger partial charge on any atom is 0.228 e. The van der Waals surface area contributed by atoms with E-state index >= 15 is 0 Å². The van der Waals surface area contributed by atoms with Crippen LogP contribution in [0.15, 0.2) is 18.2 Å². The van der Waals surface area contributed by atoms with Gasteiger partial charge in [-0.1, -0.05) is 18.3 Å². The number of nitrogens with zero attached hydrogens (tertiary/aromatic N) is 4. The van der Waals surface area contributed by atoms with Gasteiger partial charge in [0.25, 0.3) is 0 Å². The fourth-order valence-corrected chi connectivity index (χ4v) is 5.61. The summed E-state index contributed by atoms with van der Waals surface area (Å²) in [6, 6.07) is 6.44. The summed E-state index contributed by atoms with van der Waals surface area (Å²) in [6.45, 7) is 4.69. The minimum Gasteiger partial charge on any atom is -0.497 e. The summed E-state index contributed by atoms with van der Waals surface area (Å²) in [5.41, 5.74) is 1.26. The van der Waals surface area contributed by atoms with E-state index in [4.69, 9.17) is 26.8 Å². The van der Waals surface area contributed by atoms with Gasteiger partial charge in [0.15, 0.2) is 3.95 Å². The number of aromatic nitrogens is 2. The molecule has 7 nitrogen and oxygen atoms in total. The first-order valence-electron chi connectivity index (χ1n) is 11.8.